The number of aromatic amines is 2. The van der Waals surface area contributed by atoms with E-state index in [0.717, 1.165) is 0 Å². The van der Waals surface area contributed by atoms with Gasteiger partial charge in [0.2, 0.25) is 0 Å². The Morgan fingerprint density at radius 3 is 2.69 bits per heavy atom. The molecule has 16 heavy (non-hydrogen) atoms. The number of imidazole rings is 1. The van der Waals surface area contributed by atoms with Crippen molar-refractivity contribution in [3.63, 3.8) is 0 Å². The third kappa shape index (κ3) is 1.56. The number of nitrogens with one attached hydrogen (secondary N) is 2. The molecule has 1 aromatic heterocycles. The highest BCUT2D eigenvalue weighted by Gasteiger charge is 2.15. The summed E-state index contributed by atoms with van der Waals surface area (Å²) in [5.74, 6) is -1.09. The highest BCUT2D eigenvalue weighted by atomic mass is 16.4. The number of H-pyrrole nitrogens is 2. The van der Waals surface area contributed by atoms with Crippen LogP contribution in [0.1, 0.15) is 10.4 Å². The minimum Gasteiger partial charge on any atom is -0.478 e. The summed E-state index contributed by atoms with van der Waals surface area (Å²) in [5.41, 5.74) is 6.32. The van der Waals surface area contributed by atoms with Gasteiger partial charge in [-0.3, -0.25) is 0 Å². The standard InChI is InChI=1S/C10H9N3O3/c11-6-3-1-2-5(9(14)15)8(6)7-4-12-10(16)13-7/h1-4H,11H2,(H,14,15)(H2,12,13,16). The van der Waals surface area contributed by atoms with Crippen LogP contribution in [-0.2, 0) is 0 Å². The third-order valence-corrected chi connectivity index (χ3v) is 2.19. The molecule has 0 aliphatic heterocycles. The summed E-state index contributed by atoms with van der Waals surface area (Å²) in [6, 6.07) is 4.56. The van der Waals surface area contributed by atoms with Gasteiger partial charge in [0.05, 0.1) is 11.3 Å². The lowest BCUT2D eigenvalue weighted by molar-refractivity contribution is 0.0697. The number of aromatic nitrogens is 2. The summed E-state index contributed by atoms with van der Waals surface area (Å²) in [6.45, 7) is 0. The van der Waals surface area contributed by atoms with Crippen LogP contribution in [-0.4, -0.2) is 21.0 Å². The molecule has 82 valence electrons. The van der Waals surface area contributed by atoms with Crippen molar-refractivity contribution in [2.45, 2.75) is 0 Å². The Labute approximate surface area is 89.7 Å². The molecule has 0 saturated carbocycles. The third-order valence-electron chi connectivity index (χ3n) is 2.19. The molecule has 5 N–H and O–H groups in total. The number of rotatable bonds is 2. The fourth-order valence-electron chi connectivity index (χ4n) is 1.52. The van der Waals surface area contributed by atoms with Gasteiger partial charge >= 0.3 is 11.7 Å². The highest BCUT2D eigenvalue weighted by Crippen LogP contribution is 2.27. The second kappa shape index (κ2) is 3.58. The molecular weight excluding hydrogens is 210 g/mol. The molecule has 0 fully saturated rings. The first-order valence-electron chi connectivity index (χ1n) is 4.49. The number of anilines is 1. The van der Waals surface area contributed by atoms with E-state index in [9.17, 15) is 9.59 Å². The van der Waals surface area contributed by atoms with Gasteiger partial charge < -0.3 is 20.8 Å². The Bertz CT molecular complexity index is 597. The summed E-state index contributed by atoms with van der Waals surface area (Å²) in [6.07, 6.45) is 1.39. The predicted octanol–water partition coefficient (Wildman–Crippen LogP) is 0.650. The maximum atomic E-state index is 11.0. The first kappa shape index (κ1) is 10.0. The fourth-order valence-corrected chi connectivity index (χ4v) is 1.52. The monoisotopic (exact) mass is 219 g/mol. The van der Waals surface area contributed by atoms with Crippen LogP contribution >= 0.6 is 0 Å². The number of aromatic carboxylic acids is 1. The quantitative estimate of drug-likeness (QED) is 0.555. The van der Waals surface area contributed by atoms with E-state index in [4.69, 9.17) is 10.8 Å². The van der Waals surface area contributed by atoms with Gasteiger partial charge in [0.15, 0.2) is 0 Å². The van der Waals surface area contributed by atoms with Crippen molar-refractivity contribution in [2.24, 2.45) is 0 Å². The minimum atomic E-state index is -1.09. The maximum Gasteiger partial charge on any atom is 0.336 e. The van der Waals surface area contributed by atoms with Crippen molar-refractivity contribution in [1.29, 1.82) is 0 Å². The van der Waals surface area contributed by atoms with Crippen LogP contribution in [0.2, 0.25) is 0 Å². The van der Waals surface area contributed by atoms with Crippen LogP contribution in [0.25, 0.3) is 11.3 Å². The number of carbonyl (C=O) groups is 1. The molecule has 2 rings (SSSR count). The van der Waals surface area contributed by atoms with Crippen molar-refractivity contribution in [3.05, 3.63) is 40.4 Å². The molecule has 0 unspecified atom stereocenters. The van der Waals surface area contributed by atoms with Gasteiger partial charge in [0.25, 0.3) is 0 Å². The molecule has 0 bridgehead atoms. The van der Waals surface area contributed by atoms with Crippen LogP contribution in [0.3, 0.4) is 0 Å². The van der Waals surface area contributed by atoms with Crippen LogP contribution in [0.4, 0.5) is 5.69 Å². The smallest absolute Gasteiger partial charge is 0.336 e. The molecule has 2 aromatic rings. The van der Waals surface area contributed by atoms with Gasteiger partial charge in [-0.05, 0) is 12.1 Å². The second-order valence-corrected chi connectivity index (χ2v) is 3.23. The summed E-state index contributed by atoms with van der Waals surface area (Å²) in [7, 11) is 0. The SMILES string of the molecule is Nc1cccc(C(=O)O)c1-c1c[nH]c(=O)[nH]1. The molecule has 0 spiro atoms. The summed E-state index contributed by atoms with van der Waals surface area (Å²) >= 11 is 0. The fraction of sp³-hybridized carbons (Fsp3) is 0. The molecule has 6 heteroatoms. The molecule has 0 radical (unpaired) electrons. The molecule has 0 amide bonds. The van der Waals surface area contributed by atoms with Crippen LogP contribution in [0.5, 0.6) is 0 Å². The number of nitrogens with two attached hydrogens (primary N) is 1. The van der Waals surface area contributed by atoms with E-state index < -0.39 is 11.7 Å². The summed E-state index contributed by atoms with van der Waals surface area (Å²) in [4.78, 5) is 26.8. The molecule has 0 aliphatic rings. The molecular formula is C10H9N3O3. The molecule has 0 atom stereocenters. The largest absolute Gasteiger partial charge is 0.478 e. The van der Waals surface area contributed by atoms with Crippen LogP contribution in [0.15, 0.2) is 29.2 Å². The molecule has 1 aromatic carbocycles. The number of carboxylic acids is 1. The Morgan fingerprint density at radius 2 is 2.12 bits per heavy atom. The van der Waals surface area contributed by atoms with Gasteiger partial charge in [-0.25, -0.2) is 9.59 Å². The van der Waals surface area contributed by atoms with Crippen molar-refractivity contribution < 1.29 is 9.90 Å². The topological polar surface area (TPSA) is 112 Å². The normalized spacial score (nSPS) is 10.2. The Hall–Kier alpha value is -2.50. The number of hydrogen-bond donors (Lipinski definition) is 4. The molecule has 0 saturated heterocycles. The Kier molecular flexibility index (Phi) is 2.24. The lowest BCUT2D eigenvalue weighted by Gasteiger charge is -2.06. The first-order valence-corrected chi connectivity index (χ1v) is 4.49. The Morgan fingerprint density at radius 1 is 1.38 bits per heavy atom. The van der Waals surface area contributed by atoms with Crippen molar-refractivity contribution in [1.82, 2.24) is 9.97 Å². The van der Waals surface area contributed by atoms with Gasteiger partial charge in [-0.2, -0.15) is 0 Å². The molecule has 1 heterocycles. The van der Waals surface area contributed by atoms with Gasteiger partial charge in [0.1, 0.15) is 0 Å². The average molecular weight is 219 g/mol. The molecule has 0 aliphatic carbocycles. The number of benzene rings is 1. The van der Waals surface area contributed by atoms with E-state index in [-0.39, 0.29) is 5.56 Å². The van der Waals surface area contributed by atoms with E-state index in [1.807, 2.05) is 0 Å². The van der Waals surface area contributed by atoms with E-state index in [1.54, 1.807) is 12.1 Å². The zero-order chi connectivity index (χ0) is 11.7. The van der Waals surface area contributed by atoms with Crippen LogP contribution < -0.4 is 11.4 Å². The van der Waals surface area contributed by atoms with Crippen molar-refractivity contribution >= 4 is 11.7 Å². The number of nitrogen functional groups attached to an aromatic ring is 1. The van der Waals surface area contributed by atoms with E-state index in [1.165, 1.54) is 12.3 Å². The van der Waals surface area contributed by atoms with Crippen LogP contribution in [0, 0.1) is 0 Å². The summed E-state index contributed by atoms with van der Waals surface area (Å²) in [5, 5.41) is 9.00. The minimum absolute atomic E-state index is 0.0512. The van der Waals surface area contributed by atoms with E-state index in [2.05, 4.69) is 9.97 Å². The molecule has 6 nitrogen and oxygen atoms in total. The van der Waals surface area contributed by atoms with Crippen molar-refractivity contribution in [3.8, 4) is 11.3 Å². The Balaban J connectivity index is 2.72. The van der Waals surface area contributed by atoms with Crippen molar-refractivity contribution in [2.75, 3.05) is 5.73 Å². The lowest BCUT2D eigenvalue weighted by atomic mass is 10.0. The van der Waals surface area contributed by atoms with E-state index >= 15 is 0 Å². The second-order valence-electron chi connectivity index (χ2n) is 3.23. The zero-order valence-corrected chi connectivity index (χ0v) is 8.15. The van der Waals surface area contributed by atoms with E-state index in [0.29, 0.717) is 16.9 Å². The number of hydrogen-bond acceptors (Lipinski definition) is 3. The van der Waals surface area contributed by atoms with Gasteiger partial charge in [-0.15, -0.1) is 0 Å². The lowest BCUT2D eigenvalue weighted by Crippen LogP contribution is -2.04. The highest BCUT2D eigenvalue weighted by molar-refractivity contribution is 5.98. The van der Waals surface area contributed by atoms with Gasteiger partial charge in [0, 0.05) is 17.4 Å². The predicted molar refractivity (Wildman–Crippen MR) is 58.2 cm³/mol. The summed E-state index contributed by atoms with van der Waals surface area (Å²) < 4.78 is 0. The zero-order valence-electron chi connectivity index (χ0n) is 8.15. The first-order chi connectivity index (χ1) is 7.59. The maximum absolute atomic E-state index is 11.0. The average Bonchev–Trinajstić information content (AvgIpc) is 2.64. The van der Waals surface area contributed by atoms with Gasteiger partial charge in [-0.1, -0.05) is 6.07 Å². The number of carboxylic acid groups (broad SMARTS) is 1.